The number of anilines is 4. The van der Waals surface area contributed by atoms with Crippen molar-refractivity contribution < 1.29 is 0 Å². The number of fused-ring (bicyclic) bond motifs is 10. The van der Waals surface area contributed by atoms with E-state index in [1.807, 2.05) is 0 Å². The molecule has 0 aliphatic carbocycles. The summed E-state index contributed by atoms with van der Waals surface area (Å²) < 4.78 is 0. The number of para-hydroxylation sites is 4. The van der Waals surface area contributed by atoms with Gasteiger partial charge in [-0.2, -0.15) is 0 Å². The van der Waals surface area contributed by atoms with Crippen LogP contribution in [-0.4, -0.2) is 0 Å². The third kappa shape index (κ3) is 3.75. The molecular formula is C42H28N2. The van der Waals surface area contributed by atoms with Crippen LogP contribution in [0.3, 0.4) is 0 Å². The van der Waals surface area contributed by atoms with E-state index in [-0.39, 0.29) is 0 Å². The van der Waals surface area contributed by atoms with Crippen molar-refractivity contribution in [3.8, 4) is 66.8 Å². The van der Waals surface area contributed by atoms with E-state index in [1.54, 1.807) is 0 Å². The molecule has 2 aliphatic rings. The minimum Gasteiger partial charge on any atom is -0.355 e. The molecule has 0 fully saturated rings. The summed E-state index contributed by atoms with van der Waals surface area (Å²) in [5, 5.41) is 7.47. The molecule has 2 aliphatic heterocycles. The second-order valence-corrected chi connectivity index (χ2v) is 11.4. The third-order valence-electron chi connectivity index (χ3n) is 9.00. The van der Waals surface area contributed by atoms with E-state index in [1.165, 1.54) is 66.8 Å². The molecule has 0 atom stereocenters. The van der Waals surface area contributed by atoms with Gasteiger partial charge in [0, 0.05) is 45.0 Å². The molecule has 0 unspecified atom stereocenters. The van der Waals surface area contributed by atoms with Crippen molar-refractivity contribution in [2.45, 2.75) is 0 Å². The van der Waals surface area contributed by atoms with E-state index in [0.717, 1.165) is 22.7 Å². The van der Waals surface area contributed by atoms with Gasteiger partial charge in [-0.3, -0.25) is 0 Å². The molecule has 2 heteroatoms. The summed E-state index contributed by atoms with van der Waals surface area (Å²) >= 11 is 0. The molecule has 0 saturated carbocycles. The van der Waals surface area contributed by atoms with E-state index >= 15 is 0 Å². The van der Waals surface area contributed by atoms with Crippen LogP contribution in [0, 0.1) is 0 Å². The maximum atomic E-state index is 3.74. The average Bonchev–Trinajstić information content (AvgIpc) is 3.33. The van der Waals surface area contributed by atoms with Gasteiger partial charge in [0.2, 0.25) is 0 Å². The largest absolute Gasteiger partial charge is 0.355 e. The van der Waals surface area contributed by atoms with Gasteiger partial charge in [-0.15, -0.1) is 0 Å². The van der Waals surface area contributed by atoms with Crippen molar-refractivity contribution in [3.63, 3.8) is 0 Å². The monoisotopic (exact) mass is 560 g/mol. The molecule has 9 rings (SSSR count). The summed E-state index contributed by atoms with van der Waals surface area (Å²) in [6.07, 6.45) is 0. The van der Waals surface area contributed by atoms with Crippen molar-refractivity contribution >= 4 is 22.7 Å². The lowest BCUT2D eigenvalue weighted by Gasteiger charge is -2.21. The first-order chi connectivity index (χ1) is 21.8. The molecular weight excluding hydrogens is 532 g/mol. The maximum absolute atomic E-state index is 3.74. The molecule has 0 spiro atoms. The predicted molar refractivity (Wildman–Crippen MR) is 186 cm³/mol. The zero-order valence-corrected chi connectivity index (χ0v) is 24.0. The van der Waals surface area contributed by atoms with Gasteiger partial charge < -0.3 is 10.6 Å². The normalized spacial score (nSPS) is 12.0. The first-order valence-electron chi connectivity index (χ1n) is 15.1. The molecule has 7 aromatic carbocycles. The Morgan fingerprint density at radius 1 is 0.205 bits per heavy atom. The number of nitrogens with one attached hydrogen (secondary N) is 2. The average molecular weight is 561 g/mol. The van der Waals surface area contributed by atoms with Crippen molar-refractivity contribution in [1.82, 2.24) is 0 Å². The third-order valence-corrected chi connectivity index (χ3v) is 9.00. The van der Waals surface area contributed by atoms with E-state index in [2.05, 4.69) is 168 Å². The van der Waals surface area contributed by atoms with Crippen molar-refractivity contribution in [2.75, 3.05) is 10.6 Å². The van der Waals surface area contributed by atoms with E-state index in [0.29, 0.717) is 0 Å². The fraction of sp³-hybridized carbons (Fsp3) is 0. The Labute approximate surface area is 257 Å². The van der Waals surface area contributed by atoms with Crippen LogP contribution >= 0.6 is 0 Å². The number of rotatable bonds is 2. The molecule has 2 nitrogen and oxygen atoms in total. The van der Waals surface area contributed by atoms with Gasteiger partial charge in [-0.25, -0.2) is 0 Å². The van der Waals surface area contributed by atoms with Crippen molar-refractivity contribution in [2.24, 2.45) is 0 Å². The van der Waals surface area contributed by atoms with Crippen LogP contribution in [0.5, 0.6) is 0 Å². The minimum atomic E-state index is 1.12. The fourth-order valence-corrected chi connectivity index (χ4v) is 7.10. The Bertz CT molecular complexity index is 2080. The van der Waals surface area contributed by atoms with E-state index in [9.17, 15) is 0 Å². The topological polar surface area (TPSA) is 24.1 Å². The SMILES string of the molecule is c1ccc2c(c1)Nc1ccccc1-c1c-2cccc1-c1ccccc1-c1cccc2c1-c1ccccc1Nc1ccccc1-2. The second kappa shape index (κ2) is 9.86. The molecule has 0 saturated heterocycles. The predicted octanol–water partition coefficient (Wildman–Crippen LogP) is 11.8. The van der Waals surface area contributed by atoms with Crippen molar-refractivity contribution in [1.29, 1.82) is 0 Å². The lowest BCUT2D eigenvalue weighted by atomic mass is 9.82. The Kier molecular flexibility index (Phi) is 5.54. The summed E-state index contributed by atoms with van der Waals surface area (Å²) in [7, 11) is 0. The summed E-state index contributed by atoms with van der Waals surface area (Å²) in [5.74, 6) is 0. The van der Waals surface area contributed by atoms with Gasteiger partial charge in [-0.05, 0) is 68.8 Å². The van der Waals surface area contributed by atoms with Gasteiger partial charge in [0.1, 0.15) is 0 Å². The number of benzene rings is 7. The minimum absolute atomic E-state index is 1.12. The standard InChI is InChI=1S/C42H28N2/c1-2-14-28(32-20-12-22-34-30-16-4-8-24-38(30)44-40-26-10-6-18-36(40)42(32)34)27(13-1)31-19-11-21-33-29-15-3-7-23-37(29)43-39-25-9-5-17-35(39)41(31)33/h1-26,43-44H. The summed E-state index contributed by atoms with van der Waals surface area (Å²) in [5.41, 5.74) is 19.2. The molecule has 0 radical (unpaired) electrons. The van der Waals surface area contributed by atoms with Gasteiger partial charge in [-0.1, -0.05) is 133 Å². The first kappa shape index (κ1) is 24.7. The van der Waals surface area contributed by atoms with Crippen LogP contribution in [0.25, 0.3) is 66.8 Å². The van der Waals surface area contributed by atoms with Crippen LogP contribution < -0.4 is 10.6 Å². The Balaban J connectivity index is 1.35. The molecule has 7 aromatic rings. The van der Waals surface area contributed by atoms with Crippen molar-refractivity contribution in [3.05, 3.63) is 158 Å². The van der Waals surface area contributed by atoms with Gasteiger partial charge in [0.15, 0.2) is 0 Å². The molecule has 0 amide bonds. The van der Waals surface area contributed by atoms with Gasteiger partial charge >= 0.3 is 0 Å². The maximum Gasteiger partial charge on any atom is 0.0464 e. The zero-order valence-electron chi connectivity index (χ0n) is 24.0. The highest BCUT2D eigenvalue weighted by atomic mass is 14.9. The molecule has 0 bridgehead atoms. The highest BCUT2D eigenvalue weighted by Gasteiger charge is 2.26. The Morgan fingerprint density at radius 2 is 0.455 bits per heavy atom. The zero-order chi connectivity index (χ0) is 29.0. The first-order valence-corrected chi connectivity index (χ1v) is 15.1. The number of hydrogen-bond donors (Lipinski definition) is 2. The summed E-state index contributed by atoms with van der Waals surface area (Å²) in [4.78, 5) is 0. The van der Waals surface area contributed by atoms with Crippen LogP contribution in [0.2, 0.25) is 0 Å². The second-order valence-electron chi connectivity index (χ2n) is 11.4. The molecule has 2 N–H and O–H groups in total. The van der Waals surface area contributed by atoms with Crippen LogP contribution in [0.1, 0.15) is 0 Å². The lowest BCUT2D eigenvalue weighted by Crippen LogP contribution is -1.94. The molecule has 0 aromatic heterocycles. The van der Waals surface area contributed by atoms with Crippen LogP contribution in [0.15, 0.2) is 158 Å². The van der Waals surface area contributed by atoms with Gasteiger partial charge in [0.05, 0.1) is 0 Å². The molecule has 44 heavy (non-hydrogen) atoms. The smallest absolute Gasteiger partial charge is 0.0464 e. The molecule has 206 valence electrons. The summed E-state index contributed by atoms with van der Waals surface area (Å²) in [6.45, 7) is 0. The lowest BCUT2D eigenvalue weighted by molar-refractivity contribution is 1.55. The molecule has 2 heterocycles. The van der Waals surface area contributed by atoms with Gasteiger partial charge in [0.25, 0.3) is 0 Å². The highest BCUT2D eigenvalue weighted by Crippen LogP contribution is 2.52. The summed E-state index contributed by atoms with van der Waals surface area (Å²) in [6, 6.07) is 57.0. The van der Waals surface area contributed by atoms with E-state index in [4.69, 9.17) is 0 Å². The Morgan fingerprint density at radius 3 is 0.841 bits per heavy atom. The van der Waals surface area contributed by atoms with E-state index < -0.39 is 0 Å². The van der Waals surface area contributed by atoms with Crippen LogP contribution in [0.4, 0.5) is 22.7 Å². The Hall–Kier alpha value is -5.86. The fourth-order valence-electron chi connectivity index (χ4n) is 7.10. The number of hydrogen-bond acceptors (Lipinski definition) is 2. The quantitative estimate of drug-likeness (QED) is 0.220. The van der Waals surface area contributed by atoms with Crippen LogP contribution in [-0.2, 0) is 0 Å². The highest BCUT2D eigenvalue weighted by molar-refractivity contribution is 6.09.